The van der Waals surface area contributed by atoms with Crippen molar-refractivity contribution in [1.82, 2.24) is 9.88 Å². The SMILES string of the molecule is COc1ccc(C(=O)O)cc1CN(C)Cc1ccncc1. The number of aromatic carboxylic acids is 1. The standard InChI is InChI=1S/C16H18N2O3/c1-18(10-12-5-7-17-8-6-12)11-14-9-13(16(19)20)3-4-15(14)21-2/h3-9H,10-11H2,1-2H3,(H,19,20). The molecular formula is C16H18N2O3. The first kappa shape index (κ1) is 15.0. The minimum atomic E-state index is -0.935. The highest BCUT2D eigenvalue weighted by molar-refractivity contribution is 5.88. The van der Waals surface area contributed by atoms with Crippen molar-refractivity contribution in [3.05, 3.63) is 59.4 Å². The summed E-state index contributed by atoms with van der Waals surface area (Å²) in [4.78, 5) is 17.2. The van der Waals surface area contributed by atoms with Gasteiger partial charge in [-0.2, -0.15) is 0 Å². The van der Waals surface area contributed by atoms with Gasteiger partial charge in [-0.15, -0.1) is 0 Å². The predicted molar refractivity (Wildman–Crippen MR) is 79.4 cm³/mol. The summed E-state index contributed by atoms with van der Waals surface area (Å²) in [6.45, 7) is 1.36. The number of carboxylic acid groups (broad SMARTS) is 1. The first-order chi connectivity index (χ1) is 10.1. The van der Waals surface area contributed by atoms with Crippen LogP contribution < -0.4 is 4.74 Å². The lowest BCUT2D eigenvalue weighted by Crippen LogP contribution is -2.18. The number of rotatable bonds is 6. The molecule has 0 fully saturated rings. The van der Waals surface area contributed by atoms with Crippen LogP contribution in [0.25, 0.3) is 0 Å². The van der Waals surface area contributed by atoms with E-state index in [2.05, 4.69) is 9.88 Å². The molecule has 2 aromatic rings. The van der Waals surface area contributed by atoms with Crippen LogP contribution in [-0.4, -0.2) is 35.1 Å². The van der Waals surface area contributed by atoms with Gasteiger partial charge in [-0.1, -0.05) is 0 Å². The number of carboxylic acids is 1. The molecule has 0 saturated carbocycles. The lowest BCUT2D eigenvalue weighted by molar-refractivity contribution is 0.0696. The quantitative estimate of drug-likeness (QED) is 0.883. The van der Waals surface area contributed by atoms with Gasteiger partial charge in [0, 0.05) is 31.0 Å². The Morgan fingerprint density at radius 2 is 1.95 bits per heavy atom. The van der Waals surface area contributed by atoms with E-state index >= 15 is 0 Å². The zero-order chi connectivity index (χ0) is 15.2. The van der Waals surface area contributed by atoms with Crippen LogP contribution in [0.5, 0.6) is 5.75 Å². The highest BCUT2D eigenvalue weighted by Crippen LogP contribution is 2.22. The predicted octanol–water partition coefficient (Wildman–Crippen LogP) is 2.42. The second-order valence-corrected chi connectivity index (χ2v) is 4.86. The molecule has 110 valence electrons. The van der Waals surface area contributed by atoms with E-state index in [0.29, 0.717) is 12.3 Å². The van der Waals surface area contributed by atoms with Gasteiger partial charge in [0.05, 0.1) is 12.7 Å². The fraction of sp³-hybridized carbons (Fsp3) is 0.250. The molecule has 5 heteroatoms. The van der Waals surface area contributed by atoms with Gasteiger partial charge in [0.25, 0.3) is 0 Å². The molecule has 0 amide bonds. The fourth-order valence-corrected chi connectivity index (χ4v) is 2.18. The zero-order valence-electron chi connectivity index (χ0n) is 12.1. The third-order valence-electron chi connectivity index (χ3n) is 3.17. The number of hydrogen-bond acceptors (Lipinski definition) is 4. The van der Waals surface area contributed by atoms with E-state index in [1.807, 2.05) is 19.2 Å². The summed E-state index contributed by atoms with van der Waals surface area (Å²) in [6, 6.07) is 8.82. The minimum Gasteiger partial charge on any atom is -0.496 e. The second kappa shape index (κ2) is 6.85. The summed E-state index contributed by atoms with van der Waals surface area (Å²) < 4.78 is 5.30. The topological polar surface area (TPSA) is 62.7 Å². The van der Waals surface area contributed by atoms with Crippen LogP contribution >= 0.6 is 0 Å². The summed E-state index contributed by atoms with van der Waals surface area (Å²) in [5.41, 5.74) is 2.28. The smallest absolute Gasteiger partial charge is 0.335 e. The van der Waals surface area contributed by atoms with Crippen LogP contribution in [0.3, 0.4) is 0 Å². The van der Waals surface area contributed by atoms with E-state index in [-0.39, 0.29) is 5.56 Å². The molecule has 0 unspecified atom stereocenters. The average molecular weight is 286 g/mol. The normalized spacial score (nSPS) is 10.6. The molecule has 0 spiro atoms. The molecule has 0 aliphatic carbocycles. The number of hydrogen-bond donors (Lipinski definition) is 1. The van der Waals surface area contributed by atoms with Crippen molar-refractivity contribution in [1.29, 1.82) is 0 Å². The Morgan fingerprint density at radius 3 is 2.57 bits per heavy atom. The number of pyridine rings is 1. The number of carbonyl (C=O) groups is 1. The average Bonchev–Trinajstić information content (AvgIpc) is 2.48. The third kappa shape index (κ3) is 4.03. The summed E-state index contributed by atoms with van der Waals surface area (Å²) in [6.07, 6.45) is 3.52. The number of nitrogens with zero attached hydrogens (tertiary/aromatic N) is 2. The van der Waals surface area contributed by atoms with Crippen LogP contribution in [0.1, 0.15) is 21.5 Å². The largest absolute Gasteiger partial charge is 0.496 e. The Balaban J connectivity index is 2.13. The van der Waals surface area contributed by atoms with E-state index in [1.54, 1.807) is 37.7 Å². The Labute approximate surface area is 123 Å². The van der Waals surface area contributed by atoms with Crippen molar-refractivity contribution in [2.24, 2.45) is 0 Å². The highest BCUT2D eigenvalue weighted by Gasteiger charge is 2.11. The molecule has 1 aromatic carbocycles. The van der Waals surface area contributed by atoms with Gasteiger partial charge in [0.2, 0.25) is 0 Å². The highest BCUT2D eigenvalue weighted by atomic mass is 16.5. The Morgan fingerprint density at radius 1 is 1.24 bits per heavy atom. The number of benzene rings is 1. The molecule has 0 saturated heterocycles. The minimum absolute atomic E-state index is 0.267. The molecule has 21 heavy (non-hydrogen) atoms. The Bertz CT molecular complexity index is 614. The summed E-state index contributed by atoms with van der Waals surface area (Å²) in [5.74, 6) is -0.239. The van der Waals surface area contributed by atoms with Crippen molar-refractivity contribution >= 4 is 5.97 Å². The van der Waals surface area contributed by atoms with E-state index < -0.39 is 5.97 Å². The maximum Gasteiger partial charge on any atom is 0.335 e. The van der Waals surface area contributed by atoms with Gasteiger partial charge in [-0.05, 0) is 42.9 Å². The second-order valence-electron chi connectivity index (χ2n) is 4.86. The molecule has 0 aliphatic rings. The maximum atomic E-state index is 11.1. The zero-order valence-corrected chi connectivity index (χ0v) is 12.1. The van der Waals surface area contributed by atoms with Gasteiger partial charge in [0.15, 0.2) is 0 Å². The number of aromatic nitrogens is 1. The molecule has 0 aliphatic heterocycles. The number of ether oxygens (including phenoxy) is 1. The maximum absolute atomic E-state index is 11.1. The molecule has 0 radical (unpaired) electrons. The van der Waals surface area contributed by atoms with Gasteiger partial charge in [-0.25, -0.2) is 4.79 Å². The van der Waals surface area contributed by atoms with E-state index in [0.717, 1.165) is 17.7 Å². The first-order valence-corrected chi connectivity index (χ1v) is 6.58. The van der Waals surface area contributed by atoms with Crippen molar-refractivity contribution in [2.45, 2.75) is 13.1 Å². The van der Waals surface area contributed by atoms with Crippen LogP contribution in [0, 0.1) is 0 Å². The van der Waals surface area contributed by atoms with Gasteiger partial charge in [-0.3, -0.25) is 9.88 Å². The molecule has 5 nitrogen and oxygen atoms in total. The van der Waals surface area contributed by atoms with Crippen LogP contribution in [0.15, 0.2) is 42.7 Å². The van der Waals surface area contributed by atoms with Crippen molar-refractivity contribution < 1.29 is 14.6 Å². The third-order valence-corrected chi connectivity index (χ3v) is 3.17. The van der Waals surface area contributed by atoms with E-state index in [1.165, 1.54) is 0 Å². The molecule has 1 heterocycles. The Hall–Kier alpha value is -2.40. The summed E-state index contributed by atoms with van der Waals surface area (Å²) in [7, 11) is 3.56. The van der Waals surface area contributed by atoms with Crippen LogP contribution in [-0.2, 0) is 13.1 Å². The van der Waals surface area contributed by atoms with Gasteiger partial charge < -0.3 is 9.84 Å². The summed E-state index contributed by atoms with van der Waals surface area (Å²) >= 11 is 0. The molecule has 0 bridgehead atoms. The lowest BCUT2D eigenvalue weighted by atomic mass is 10.1. The number of methoxy groups -OCH3 is 1. The van der Waals surface area contributed by atoms with E-state index in [4.69, 9.17) is 9.84 Å². The first-order valence-electron chi connectivity index (χ1n) is 6.58. The van der Waals surface area contributed by atoms with Gasteiger partial charge in [0.1, 0.15) is 5.75 Å². The van der Waals surface area contributed by atoms with E-state index in [9.17, 15) is 4.79 Å². The van der Waals surface area contributed by atoms with Crippen molar-refractivity contribution in [3.63, 3.8) is 0 Å². The lowest BCUT2D eigenvalue weighted by Gasteiger charge is -2.18. The summed E-state index contributed by atoms with van der Waals surface area (Å²) in [5, 5.41) is 9.08. The molecule has 2 rings (SSSR count). The van der Waals surface area contributed by atoms with Crippen molar-refractivity contribution in [2.75, 3.05) is 14.2 Å². The molecular weight excluding hydrogens is 268 g/mol. The van der Waals surface area contributed by atoms with Crippen LogP contribution in [0.2, 0.25) is 0 Å². The fourth-order valence-electron chi connectivity index (χ4n) is 2.18. The van der Waals surface area contributed by atoms with Crippen LogP contribution in [0.4, 0.5) is 0 Å². The Kier molecular flexibility index (Phi) is 4.90. The molecule has 1 N–H and O–H groups in total. The molecule has 1 aromatic heterocycles. The monoisotopic (exact) mass is 286 g/mol. The van der Waals surface area contributed by atoms with Crippen molar-refractivity contribution in [3.8, 4) is 5.75 Å². The molecule has 0 atom stereocenters. The van der Waals surface area contributed by atoms with Gasteiger partial charge >= 0.3 is 5.97 Å².